The van der Waals surface area contributed by atoms with Crippen LogP contribution in [0.4, 0.5) is 5.69 Å². The summed E-state index contributed by atoms with van der Waals surface area (Å²) in [6, 6.07) is 6.35. The Morgan fingerprint density at radius 2 is 2.00 bits per heavy atom. The first-order chi connectivity index (χ1) is 7.40. The van der Waals surface area contributed by atoms with E-state index in [2.05, 4.69) is 31.3 Å². The average Bonchev–Trinajstić information content (AvgIpc) is 2.18. The molecule has 0 spiro atoms. The van der Waals surface area contributed by atoms with E-state index in [0.29, 0.717) is 5.92 Å². The van der Waals surface area contributed by atoms with Gasteiger partial charge in [-0.2, -0.15) is 0 Å². The quantitative estimate of drug-likeness (QED) is 0.768. The van der Waals surface area contributed by atoms with Gasteiger partial charge in [0.05, 0.1) is 0 Å². The van der Waals surface area contributed by atoms with E-state index >= 15 is 0 Å². The highest BCUT2D eigenvalue weighted by molar-refractivity contribution is 5.98. The van der Waals surface area contributed by atoms with Gasteiger partial charge in [0.25, 0.3) is 0 Å². The molecular formula is C14H19NO. The van der Waals surface area contributed by atoms with Crippen LogP contribution in [-0.2, 0) is 11.2 Å². The molecule has 1 amide bonds. The van der Waals surface area contributed by atoms with Gasteiger partial charge in [0, 0.05) is 11.1 Å². The summed E-state index contributed by atoms with van der Waals surface area (Å²) >= 11 is 0. The molecule has 0 atom stereocenters. The normalized spacial score (nSPS) is 18.2. The van der Waals surface area contributed by atoms with Crippen LogP contribution in [0, 0.1) is 5.41 Å². The molecule has 2 heteroatoms. The number of rotatable bonds is 1. The number of benzene rings is 1. The molecule has 1 heterocycles. The van der Waals surface area contributed by atoms with E-state index in [-0.39, 0.29) is 11.3 Å². The zero-order valence-electron chi connectivity index (χ0n) is 10.4. The standard InChI is InChI=1S/C14H19NO/c1-9(2)10-5-6-12-11(7-10)8-14(3,4)13(16)15-12/h5-7,9H,8H2,1-4H3,(H,15,16). The van der Waals surface area contributed by atoms with Crippen molar-refractivity contribution in [1.82, 2.24) is 0 Å². The van der Waals surface area contributed by atoms with E-state index in [9.17, 15) is 4.79 Å². The molecule has 0 unspecified atom stereocenters. The van der Waals surface area contributed by atoms with Crippen LogP contribution in [-0.4, -0.2) is 5.91 Å². The van der Waals surface area contributed by atoms with Crippen molar-refractivity contribution in [3.63, 3.8) is 0 Å². The van der Waals surface area contributed by atoms with Crippen LogP contribution >= 0.6 is 0 Å². The van der Waals surface area contributed by atoms with E-state index in [1.54, 1.807) is 0 Å². The maximum Gasteiger partial charge on any atom is 0.230 e. The molecule has 1 aromatic carbocycles. The first kappa shape index (κ1) is 11.2. The molecular weight excluding hydrogens is 198 g/mol. The van der Waals surface area contributed by atoms with Crippen LogP contribution in [0.1, 0.15) is 44.7 Å². The smallest absolute Gasteiger partial charge is 0.230 e. The van der Waals surface area contributed by atoms with Crippen molar-refractivity contribution >= 4 is 11.6 Å². The Morgan fingerprint density at radius 3 is 2.62 bits per heavy atom. The number of hydrogen-bond acceptors (Lipinski definition) is 1. The van der Waals surface area contributed by atoms with Crippen molar-refractivity contribution in [2.24, 2.45) is 5.41 Å². The van der Waals surface area contributed by atoms with Crippen molar-refractivity contribution in [3.8, 4) is 0 Å². The molecule has 86 valence electrons. The number of carbonyl (C=O) groups is 1. The summed E-state index contributed by atoms with van der Waals surface area (Å²) in [4.78, 5) is 11.8. The van der Waals surface area contributed by atoms with Gasteiger partial charge in [0.2, 0.25) is 5.91 Å². The molecule has 1 aliphatic heterocycles. The van der Waals surface area contributed by atoms with E-state index in [0.717, 1.165) is 12.1 Å². The molecule has 16 heavy (non-hydrogen) atoms. The Kier molecular flexibility index (Phi) is 2.53. The average molecular weight is 217 g/mol. The molecule has 0 aliphatic carbocycles. The van der Waals surface area contributed by atoms with Crippen LogP contribution in [0.2, 0.25) is 0 Å². The van der Waals surface area contributed by atoms with Crippen molar-refractivity contribution in [2.75, 3.05) is 5.32 Å². The summed E-state index contributed by atoms with van der Waals surface area (Å²) in [6.45, 7) is 8.36. The SMILES string of the molecule is CC(C)c1ccc2c(c1)CC(C)(C)C(=O)N2. The first-order valence-electron chi connectivity index (χ1n) is 5.84. The molecule has 1 aliphatic rings. The van der Waals surface area contributed by atoms with Gasteiger partial charge < -0.3 is 5.32 Å². The summed E-state index contributed by atoms with van der Waals surface area (Å²) in [5.41, 5.74) is 3.29. The Balaban J connectivity index is 2.42. The molecule has 0 saturated heterocycles. The third-order valence-electron chi connectivity index (χ3n) is 3.29. The molecule has 1 aromatic rings. The maximum absolute atomic E-state index is 11.8. The minimum atomic E-state index is -0.289. The Labute approximate surface area is 97.1 Å². The zero-order valence-corrected chi connectivity index (χ0v) is 10.4. The Bertz CT molecular complexity index is 432. The minimum Gasteiger partial charge on any atom is -0.325 e. The Morgan fingerprint density at radius 1 is 1.31 bits per heavy atom. The lowest BCUT2D eigenvalue weighted by atomic mass is 9.80. The fraction of sp³-hybridized carbons (Fsp3) is 0.500. The number of fused-ring (bicyclic) bond motifs is 1. The fourth-order valence-corrected chi connectivity index (χ4v) is 2.09. The second-order valence-corrected chi connectivity index (χ2v) is 5.59. The third kappa shape index (κ3) is 1.84. The highest BCUT2D eigenvalue weighted by Gasteiger charge is 2.33. The molecule has 0 radical (unpaired) electrons. The number of amides is 1. The molecule has 0 bridgehead atoms. The number of carbonyl (C=O) groups excluding carboxylic acids is 1. The van der Waals surface area contributed by atoms with Gasteiger partial charge in [-0.3, -0.25) is 4.79 Å². The lowest BCUT2D eigenvalue weighted by molar-refractivity contribution is -0.124. The van der Waals surface area contributed by atoms with Crippen LogP contribution in [0.15, 0.2) is 18.2 Å². The second-order valence-electron chi connectivity index (χ2n) is 5.59. The summed E-state index contributed by atoms with van der Waals surface area (Å²) in [6.07, 6.45) is 0.828. The van der Waals surface area contributed by atoms with Crippen LogP contribution in [0.25, 0.3) is 0 Å². The van der Waals surface area contributed by atoms with Gasteiger partial charge in [-0.25, -0.2) is 0 Å². The molecule has 0 fully saturated rings. The maximum atomic E-state index is 11.8. The Hall–Kier alpha value is -1.31. The van der Waals surface area contributed by atoms with Crippen molar-refractivity contribution in [2.45, 2.75) is 40.0 Å². The molecule has 2 nitrogen and oxygen atoms in total. The number of anilines is 1. The number of nitrogens with one attached hydrogen (secondary N) is 1. The third-order valence-corrected chi connectivity index (χ3v) is 3.29. The molecule has 0 aromatic heterocycles. The van der Waals surface area contributed by atoms with Gasteiger partial charge in [0.15, 0.2) is 0 Å². The van der Waals surface area contributed by atoms with Gasteiger partial charge >= 0.3 is 0 Å². The van der Waals surface area contributed by atoms with Crippen molar-refractivity contribution in [1.29, 1.82) is 0 Å². The number of hydrogen-bond donors (Lipinski definition) is 1. The van der Waals surface area contributed by atoms with Gasteiger partial charge in [-0.05, 0) is 29.5 Å². The lowest BCUT2D eigenvalue weighted by Crippen LogP contribution is -2.37. The van der Waals surface area contributed by atoms with Crippen molar-refractivity contribution in [3.05, 3.63) is 29.3 Å². The second kappa shape index (κ2) is 3.62. The highest BCUT2D eigenvalue weighted by Crippen LogP contribution is 2.34. The summed E-state index contributed by atoms with van der Waals surface area (Å²) in [5.74, 6) is 0.656. The lowest BCUT2D eigenvalue weighted by Gasteiger charge is -2.31. The fourth-order valence-electron chi connectivity index (χ4n) is 2.09. The monoisotopic (exact) mass is 217 g/mol. The largest absolute Gasteiger partial charge is 0.325 e. The van der Waals surface area contributed by atoms with E-state index in [4.69, 9.17) is 0 Å². The van der Waals surface area contributed by atoms with Gasteiger partial charge in [-0.15, -0.1) is 0 Å². The topological polar surface area (TPSA) is 29.1 Å². The molecule has 1 N–H and O–H groups in total. The minimum absolute atomic E-state index is 0.122. The van der Waals surface area contributed by atoms with E-state index in [1.807, 2.05) is 19.9 Å². The molecule has 0 saturated carbocycles. The predicted octanol–water partition coefficient (Wildman–Crippen LogP) is 3.33. The van der Waals surface area contributed by atoms with Crippen LogP contribution in [0.3, 0.4) is 0 Å². The molecule has 2 rings (SSSR count). The summed E-state index contributed by atoms with van der Waals surface area (Å²) in [5, 5.41) is 2.98. The van der Waals surface area contributed by atoms with Gasteiger partial charge in [-0.1, -0.05) is 39.8 Å². The summed E-state index contributed by atoms with van der Waals surface area (Å²) < 4.78 is 0. The van der Waals surface area contributed by atoms with Crippen LogP contribution < -0.4 is 5.32 Å². The first-order valence-corrected chi connectivity index (χ1v) is 5.84. The summed E-state index contributed by atoms with van der Waals surface area (Å²) in [7, 11) is 0. The zero-order chi connectivity index (χ0) is 11.9. The predicted molar refractivity (Wildman–Crippen MR) is 66.6 cm³/mol. The van der Waals surface area contributed by atoms with Crippen molar-refractivity contribution < 1.29 is 4.79 Å². The van der Waals surface area contributed by atoms with E-state index in [1.165, 1.54) is 11.1 Å². The van der Waals surface area contributed by atoms with E-state index < -0.39 is 0 Å². The highest BCUT2D eigenvalue weighted by atomic mass is 16.2. The van der Waals surface area contributed by atoms with Gasteiger partial charge in [0.1, 0.15) is 0 Å². The van der Waals surface area contributed by atoms with Crippen LogP contribution in [0.5, 0.6) is 0 Å².